The zero-order valence-electron chi connectivity index (χ0n) is 12.0. The summed E-state index contributed by atoms with van der Waals surface area (Å²) in [6.45, 7) is 10.2. The van der Waals surface area contributed by atoms with Crippen molar-refractivity contribution in [2.24, 2.45) is 5.92 Å². The molecule has 0 aromatic heterocycles. The van der Waals surface area contributed by atoms with Gasteiger partial charge in [0.1, 0.15) is 0 Å². The molecule has 0 fully saturated rings. The van der Waals surface area contributed by atoms with Crippen LogP contribution in [0.5, 0.6) is 0 Å². The molecule has 0 saturated heterocycles. The van der Waals surface area contributed by atoms with Crippen molar-refractivity contribution in [1.82, 2.24) is 5.32 Å². The Bertz CT molecular complexity index is 323. The first-order chi connectivity index (χ1) is 8.74. The van der Waals surface area contributed by atoms with Crippen molar-refractivity contribution >= 4 is 0 Å². The van der Waals surface area contributed by atoms with Crippen LogP contribution in [0.2, 0.25) is 0 Å². The summed E-state index contributed by atoms with van der Waals surface area (Å²) in [4.78, 5) is 0. The molecule has 0 amide bonds. The topological polar surface area (TPSA) is 21.3 Å². The molecule has 1 N–H and O–H groups in total. The monoisotopic (exact) mass is 249 g/mol. The van der Waals surface area contributed by atoms with Gasteiger partial charge in [0, 0.05) is 13.2 Å². The Morgan fingerprint density at radius 3 is 2.56 bits per heavy atom. The summed E-state index contributed by atoms with van der Waals surface area (Å²) in [6, 6.07) is 8.54. The zero-order chi connectivity index (χ0) is 13.2. The molecule has 0 aliphatic heterocycles. The van der Waals surface area contributed by atoms with Crippen molar-refractivity contribution in [2.75, 3.05) is 13.2 Å². The quantitative estimate of drug-likeness (QED) is 0.673. The van der Waals surface area contributed by atoms with Crippen molar-refractivity contribution in [3.63, 3.8) is 0 Å². The molecule has 0 atom stereocenters. The standard InChI is InChI=1S/C16H27NO/c1-4-5-10-18-13-16-9-7-6-8-15(16)12-17-11-14(2)3/h6-9,14,17H,4-5,10-13H2,1-3H3. The van der Waals surface area contributed by atoms with Crippen LogP contribution in [-0.4, -0.2) is 13.2 Å². The molecule has 18 heavy (non-hydrogen) atoms. The van der Waals surface area contributed by atoms with Gasteiger partial charge in [-0.3, -0.25) is 0 Å². The smallest absolute Gasteiger partial charge is 0.0720 e. The lowest BCUT2D eigenvalue weighted by atomic mass is 10.1. The van der Waals surface area contributed by atoms with E-state index in [0.29, 0.717) is 5.92 Å². The summed E-state index contributed by atoms with van der Waals surface area (Å²) in [5.41, 5.74) is 2.67. The summed E-state index contributed by atoms with van der Waals surface area (Å²) in [6.07, 6.45) is 2.34. The molecule has 2 nitrogen and oxygen atoms in total. The van der Waals surface area contributed by atoms with Crippen LogP contribution in [0.4, 0.5) is 0 Å². The summed E-state index contributed by atoms with van der Waals surface area (Å²) < 4.78 is 5.70. The maximum Gasteiger partial charge on any atom is 0.0720 e. The van der Waals surface area contributed by atoms with Gasteiger partial charge in [-0.05, 0) is 30.0 Å². The van der Waals surface area contributed by atoms with Crippen LogP contribution >= 0.6 is 0 Å². The van der Waals surface area contributed by atoms with Gasteiger partial charge in [-0.25, -0.2) is 0 Å². The SMILES string of the molecule is CCCCOCc1ccccc1CNCC(C)C. The minimum Gasteiger partial charge on any atom is -0.377 e. The second-order valence-electron chi connectivity index (χ2n) is 5.20. The fourth-order valence-electron chi connectivity index (χ4n) is 1.79. The molecule has 0 aliphatic carbocycles. The fourth-order valence-corrected chi connectivity index (χ4v) is 1.79. The summed E-state index contributed by atoms with van der Waals surface area (Å²) >= 11 is 0. The summed E-state index contributed by atoms with van der Waals surface area (Å²) in [5.74, 6) is 0.693. The molecule has 0 aliphatic rings. The second-order valence-corrected chi connectivity index (χ2v) is 5.20. The largest absolute Gasteiger partial charge is 0.377 e. The van der Waals surface area contributed by atoms with Gasteiger partial charge in [0.25, 0.3) is 0 Å². The first-order valence-corrected chi connectivity index (χ1v) is 7.09. The number of rotatable bonds is 9. The van der Waals surface area contributed by atoms with Gasteiger partial charge in [-0.2, -0.15) is 0 Å². The first-order valence-electron chi connectivity index (χ1n) is 7.09. The van der Waals surface area contributed by atoms with Gasteiger partial charge < -0.3 is 10.1 Å². The van der Waals surface area contributed by atoms with Crippen LogP contribution in [0, 0.1) is 5.92 Å². The highest BCUT2D eigenvalue weighted by atomic mass is 16.5. The lowest BCUT2D eigenvalue weighted by Crippen LogP contribution is -2.19. The zero-order valence-corrected chi connectivity index (χ0v) is 12.0. The summed E-state index contributed by atoms with van der Waals surface area (Å²) in [5, 5.41) is 3.49. The van der Waals surface area contributed by atoms with E-state index >= 15 is 0 Å². The Labute approximate surface area is 112 Å². The molecule has 1 rings (SSSR count). The molecule has 1 aromatic rings. The Balaban J connectivity index is 2.40. The van der Waals surface area contributed by atoms with E-state index in [-0.39, 0.29) is 0 Å². The van der Waals surface area contributed by atoms with Crippen LogP contribution in [0.1, 0.15) is 44.7 Å². The Morgan fingerprint density at radius 2 is 1.89 bits per heavy atom. The number of ether oxygens (including phenoxy) is 1. The highest BCUT2D eigenvalue weighted by Crippen LogP contribution is 2.10. The van der Waals surface area contributed by atoms with Gasteiger partial charge >= 0.3 is 0 Å². The van der Waals surface area contributed by atoms with Crippen LogP contribution in [0.3, 0.4) is 0 Å². The van der Waals surface area contributed by atoms with E-state index in [0.717, 1.165) is 32.7 Å². The Morgan fingerprint density at radius 1 is 1.17 bits per heavy atom. The molecule has 0 unspecified atom stereocenters. The van der Waals surface area contributed by atoms with E-state index in [2.05, 4.69) is 50.4 Å². The van der Waals surface area contributed by atoms with E-state index in [9.17, 15) is 0 Å². The number of unbranched alkanes of at least 4 members (excludes halogenated alkanes) is 1. The second kappa shape index (κ2) is 9.12. The molecule has 2 heteroatoms. The van der Waals surface area contributed by atoms with Crippen molar-refractivity contribution in [3.05, 3.63) is 35.4 Å². The molecule has 0 bridgehead atoms. The number of benzene rings is 1. The van der Waals surface area contributed by atoms with Crippen LogP contribution in [0.25, 0.3) is 0 Å². The van der Waals surface area contributed by atoms with E-state index < -0.39 is 0 Å². The highest BCUT2D eigenvalue weighted by molar-refractivity contribution is 5.26. The molecule has 1 aromatic carbocycles. The van der Waals surface area contributed by atoms with E-state index in [1.807, 2.05) is 0 Å². The molecular weight excluding hydrogens is 222 g/mol. The third-order valence-corrected chi connectivity index (χ3v) is 2.89. The van der Waals surface area contributed by atoms with Crippen molar-refractivity contribution in [2.45, 2.75) is 46.8 Å². The molecule has 0 spiro atoms. The number of nitrogens with one attached hydrogen (secondary N) is 1. The maximum atomic E-state index is 5.70. The third kappa shape index (κ3) is 6.18. The highest BCUT2D eigenvalue weighted by Gasteiger charge is 2.02. The van der Waals surface area contributed by atoms with Gasteiger partial charge in [0.2, 0.25) is 0 Å². The maximum absolute atomic E-state index is 5.70. The molecule has 0 saturated carbocycles. The first kappa shape index (κ1) is 15.2. The lowest BCUT2D eigenvalue weighted by Gasteiger charge is -2.12. The Hall–Kier alpha value is -0.860. The van der Waals surface area contributed by atoms with Crippen LogP contribution in [0.15, 0.2) is 24.3 Å². The van der Waals surface area contributed by atoms with Gasteiger partial charge in [0.15, 0.2) is 0 Å². The minimum absolute atomic E-state index is 0.693. The Kier molecular flexibility index (Phi) is 7.70. The van der Waals surface area contributed by atoms with Gasteiger partial charge in [-0.1, -0.05) is 51.5 Å². The molecular formula is C16H27NO. The number of hydrogen-bond acceptors (Lipinski definition) is 2. The van der Waals surface area contributed by atoms with Gasteiger partial charge in [0.05, 0.1) is 6.61 Å². The normalized spacial score (nSPS) is 11.1. The van der Waals surface area contributed by atoms with Crippen molar-refractivity contribution < 1.29 is 4.74 Å². The number of hydrogen-bond donors (Lipinski definition) is 1. The predicted molar refractivity (Wildman–Crippen MR) is 77.6 cm³/mol. The predicted octanol–water partition coefficient (Wildman–Crippen LogP) is 3.75. The van der Waals surface area contributed by atoms with Gasteiger partial charge in [-0.15, -0.1) is 0 Å². The van der Waals surface area contributed by atoms with Crippen molar-refractivity contribution in [1.29, 1.82) is 0 Å². The lowest BCUT2D eigenvalue weighted by molar-refractivity contribution is 0.117. The van der Waals surface area contributed by atoms with E-state index in [1.165, 1.54) is 17.5 Å². The average molecular weight is 249 g/mol. The fraction of sp³-hybridized carbons (Fsp3) is 0.625. The van der Waals surface area contributed by atoms with Crippen LogP contribution < -0.4 is 5.32 Å². The molecule has 0 radical (unpaired) electrons. The molecule has 0 heterocycles. The van der Waals surface area contributed by atoms with E-state index in [4.69, 9.17) is 4.74 Å². The summed E-state index contributed by atoms with van der Waals surface area (Å²) in [7, 11) is 0. The molecule has 102 valence electrons. The van der Waals surface area contributed by atoms with Crippen LogP contribution in [-0.2, 0) is 17.9 Å². The minimum atomic E-state index is 0.693. The third-order valence-electron chi connectivity index (χ3n) is 2.89. The van der Waals surface area contributed by atoms with E-state index in [1.54, 1.807) is 0 Å². The van der Waals surface area contributed by atoms with Crippen molar-refractivity contribution in [3.8, 4) is 0 Å². The average Bonchev–Trinajstić information content (AvgIpc) is 2.36.